The summed E-state index contributed by atoms with van der Waals surface area (Å²) in [6, 6.07) is 0. The molecule has 391 valence electrons. The van der Waals surface area contributed by atoms with Gasteiger partial charge in [0.15, 0.2) is 0 Å². The maximum absolute atomic E-state index is 10.2. The van der Waals surface area contributed by atoms with E-state index in [1.54, 1.807) is 0 Å². The van der Waals surface area contributed by atoms with Gasteiger partial charge in [0.1, 0.15) is 0 Å². The van der Waals surface area contributed by atoms with Crippen LogP contribution in [0.5, 0.6) is 0 Å². The first-order valence-corrected chi connectivity index (χ1v) is 28.9. The molecule has 0 rings (SSSR count). The molecule has 1 radical (unpaired) electrons. The van der Waals surface area contributed by atoms with Crippen molar-refractivity contribution in [3.05, 3.63) is 36.5 Å². The molecule has 0 unspecified atom stereocenters. The van der Waals surface area contributed by atoms with E-state index in [-0.39, 0.29) is 60.1 Å². The Kier molecular flexibility index (Phi) is 74.9. The number of carbonyl (C=O) groups excluding carboxylic acids is 3. The average molecular weight is 1070 g/mol. The van der Waals surface area contributed by atoms with Crippen molar-refractivity contribution < 1.29 is 70.5 Å². The molecular formula is C60H111NdO6. The quantitative estimate of drug-likeness (QED) is 0.0442. The summed E-state index contributed by atoms with van der Waals surface area (Å²) in [6.45, 7) is 6.79. The van der Waals surface area contributed by atoms with Crippen molar-refractivity contribution in [2.24, 2.45) is 0 Å². The molecule has 0 aromatic heterocycles. The standard InChI is InChI=1S/3C20H38O2.Nd/c3*1-2-3-4-5-6-7-8-9-10-11-12-13-14-15-16-17-18-19-20(21)22;/h3*9-10H,2-8,11-19H2,1H3,(H,21,22);/q;;;+3/p-3/b3*10-9-;. The molecule has 0 aromatic carbocycles. The predicted molar refractivity (Wildman–Crippen MR) is 281 cm³/mol. The molecule has 0 fully saturated rings. The number of carbonyl (C=O) groups is 3. The average Bonchev–Trinajstić information content (AvgIpc) is 3.29. The molecule has 7 heteroatoms. The zero-order valence-corrected chi connectivity index (χ0v) is 48.1. The van der Waals surface area contributed by atoms with E-state index in [4.69, 9.17) is 0 Å². The first kappa shape index (κ1) is 72.5. The van der Waals surface area contributed by atoms with Gasteiger partial charge in [-0.25, -0.2) is 0 Å². The Balaban J connectivity index is -0.000000441. The molecule has 0 aliphatic carbocycles. The van der Waals surface area contributed by atoms with Crippen molar-refractivity contribution in [1.82, 2.24) is 0 Å². The Morgan fingerprint density at radius 2 is 0.373 bits per heavy atom. The van der Waals surface area contributed by atoms with E-state index in [1.165, 1.54) is 250 Å². The van der Waals surface area contributed by atoms with Crippen molar-refractivity contribution in [1.29, 1.82) is 0 Å². The second-order valence-corrected chi connectivity index (χ2v) is 19.2. The summed E-state index contributed by atoms with van der Waals surface area (Å²) in [5.41, 5.74) is 0. The zero-order valence-electron chi connectivity index (χ0n) is 44.9. The van der Waals surface area contributed by atoms with E-state index in [2.05, 4.69) is 57.2 Å². The monoisotopic (exact) mass is 1070 g/mol. The van der Waals surface area contributed by atoms with Crippen LogP contribution in [0.1, 0.15) is 329 Å². The number of allylic oxidation sites excluding steroid dienone is 6. The van der Waals surface area contributed by atoms with Gasteiger partial charge in [-0.2, -0.15) is 0 Å². The van der Waals surface area contributed by atoms with Crippen LogP contribution >= 0.6 is 0 Å². The van der Waals surface area contributed by atoms with Gasteiger partial charge in [-0.15, -0.1) is 0 Å². The van der Waals surface area contributed by atoms with Gasteiger partial charge in [0.05, 0.1) is 0 Å². The number of carboxylic acids is 3. The molecule has 0 atom stereocenters. The van der Waals surface area contributed by atoms with Crippen LogP contribution < -0.4 is 15.3 Å². The summed E-state index contributed by atoms with van der Waals surface area (Å²) in [7, 11) is 0. The van der Waals surface area contributed by atoms with Crippen LogP contribution in [0.3, 0.4) is 0 Å². The van der Waals surface area contributed by atoms with Gasteiger partial charge in [0.25, 0.3) is 0 Å². The molecule has 0 saturated carbocycles. The van der Waals surface area contributed by atoms with Crippen LogP contribution in [0, 0.1) is 40.8 Å². The fourth-order valence-corrected chi connectivity index (χ4v) is 8.08. The number of rotatable bonds is 51. The fourth-order valence-electron chi connectivity index (χ4n) is 8.08. The fraction of sp³-hybridized carbons (Fsp3) is 0.850. The molecule has 0 heterocycles. The normalized spacial score (nSPS) is 11.1. The van der Waals surface area contributed by atoms with Crippen molar-refractivity contribution in [3.63, 3.8) is 0 Å². The van der Waals surface area contributed by atoms with E-state index >= 15 is 0 Å². The minimum absolute atomic E-state index is 0. The maximum atomic E-state index is 10.2. The minimum Gasteiger partial charge on any atom is -0.550 e. The van der Waals surface area contributed by atoms with Crippen molar-refractivity contribution in [2.45, 2.75) is 329 Å². The molecule has 0 amide bonds. The van der Waals surface area contributed by atoms with Crippen LogP contribution in [0.2, 0.25) is 0 Å². The summed E-state index contributed by atoms with van der Waals surface area (Å²) < 4.78 is 0. The third kappa shape index (κ3) is 82.2. The van der Waals surface area contributed by atoms with E-state index < -0.39 is 17.9 Å². The molecule has 0 N–H and O–H groups in total. The second-order valence-electron chi connectivity index (χ2n) is 19.2. The number of hydrogen-bond donors (Lipinski definition) is 0. The van der Waals surface area contributed by atoms with Gasteiger partial charge < -0.3 is 29.7 Å². The molecule has 67 heavy (non-hydrogen) atoms. The Hall–Kier alpha value is -1.02. The van der Waals surface area contributed by atoms with Crippen LogP contribution in [0.4, 0.5) is 0 Å². The van der Waals surface area contributed by atoms with Gasteiger partial charge in [0, 0.05) is 17.9 Å². The van der Waals surface area contributed by atoms with Crippen LogP contribution in [-0.2, 0) is 14.4 Å². The first-order valence-electron chi connectivity index (χ1n) is 28.9. The minimum atomic E-state index is -0.909. The topological polar surface area (TPSA) is 120 Å². The second kappa shape index (κ2) is 69.2. The number of aliphatic carboxylic acids is 3. The van der Waals surface area contributed by atoms with Crippen molar-refractivity contribution >= 4 is 17.9 Å². The van der Waals surface area contributed by atoms with E-state index in [1.807, 2.05) is 0 Å². The van der Waals surface area contributed by atoms with E-state index in [0.29, 0.717) is 0 Å². The van der Waals surface area contributed by atoms with Crippen molar-refractivity contribution in [3.8, 4) is 0 Å². The Labute approximate surface area is 450 Å². The van der Waals surface area contributed by atoms with Gasteiger partial charge >= 0.3 is 40.8 Å². The van der Waals surface area contributed by atoms with E-state index in [0.717, 1.165) is 38.5 Å². The summed E-state index contributed by atoms with van der Waals surface area (Å²) in [6.07, 6.45) is 71.5. The predicted octanol–water partition coefficient (Wildman–Crippen LogP) is 16.7. The Morgan fingerprint density at radius 3 is 0.522 bits per heavy atom. The van der Waals surface area contributed by atoms with Gasteiger partial charge in [0.2, 0.25) is 0 Å². The molecule has 0 bridgehead atoms. The first-order chi connectivity index (χ1) is 32.3. The Bertz CT molecular complexity index is 911. The van der Waals surface area contributed by atoms with Crippen LogP contribution in [0.25, 0.3) is 0 Å². The summed E-state index contributed by atoms with van der Waals surface area (Å²) in [5, 5.41) is 30.7. The van der Waals surface area contributed by atoms with Crippen LogP contribution in [0.15, 0.2) is 36.5 Å². The molecule has 0 aliphatic heterocycles. The Morgan fingerprint density at radius 1 is 0.239 bits per heavy atom. The molecule has 6 nitrogen and oxygen atoms in total. The molecule has 0 aliphatic rings. The third-order valence-corrected chi connectivity index (χ3v) is 12.4. The van der Waals surface area contributed by atoms with Gasteiger partial charge in [-0.1, -0.05) is 250 Å². The summed E-state index contributed by atoms with van der Waals surface area (Å²) >= 11 is 0. The number of carboxylic acid groups (broad SMARTS) is 3. The largest absolute Gasteiger partial charge is 3.00 e. The van der Waals surface area contributed by atoms with Crippen LogP contribution in [-0.4, -0.2) is 17.9 Å². The maximum Gasteiger partial charge on any atom is 3.00 e. The molecule has 0 aromatic rings. The zero-order chi connectivity index (χ0) is 48.9. The molecule has 0 spiro atoms. The number of unbranched alkanes of at least 4 members (excludes halogenated alkanes) is 39. The summed E-state index contributed by atoms with van der Waals surface area (Å²) in [5.74, 6) is -2.73. The van der Waals surface area contributed by atoms with Crippen molar-refractivity contribution in [2.75, 3.05) is 0 Å². The third-order valence-electron chi connectivity index (χ3n) is 12.4. The van der Waals surface area contributed by atoms with E-state index in [9.17, 15) is 29.7 Å². The summed E-state index contributed by atoms with van der Waals surface area (Å²) in [4.78, 5) is 30.7. The molecular weight excluding hydrogens is 961 g/mol. The number of hydrogen-bond acceptors (Lipinski definition) is 6. The molecule has 0 saturated heterocycles. The smallest absolute Gasteiger partial charge is 0.550 e. The van der Waals surface area contributed by atoms with Gasteiger partial charge in [-0.05, 0) is 116 Å². The van der Waals surface area contributed by atoms with Gasteiger partial charge in [-0.3, -0.25) is 0 Å². The SMILES string of the molecule is CCCCCCCC/C=C\CCCCCCCCCC(=O)[O-].CCCCCCCC/C=C\CCCCCCCCCC(=O)[O-].CCCCCCCC/C=C\CCCCCCCCCC(=O)[O-].[Nd+3].